The smallest absolute Gasteiger partial charge is 0.196 e. The number of para-hydroxylation sites is 2. The van der Waals surface area contributed by atoms with E-state index in [4.69, 9.17) is 6.57 Å². The van der Waals surface area contributed by atoms with Gasteiger partial charge >= 0.3 is 0 Å². The molecule has 0 fully saturated rings. The quantitative estimate of drug-likeness (QED) is 0.251. The first-order chi connectivity index (χ1) is 17.3. The minimum atomic E-state index is 0.481. The Kier molecular flexibility index (Phi) is 4.88. The van der Waals surface area contributed by atoms with Crippen LogP contribution in [0, 0.1) is 17.9 Å². The number of hydrogen-bond donors (Lipinski definition) is 0. The lowest BCUT2D eigenvalue weighted by Crippen LogP contribution is -1.96. The van der Waals surface area contributed by atoms with Gasteiger partial charge in [0.2, 0.25) is 0 Å². The number of hydrogen-bond acceptors (Lipinski definition) is 1. The Balaban J connectivity index is 1.87. The Bertz CT molecular complexity index is 1770. The molecule has 6 rings (SSSR count). The van der Waals surface area contributed by atoms with Crippen LogP contribution in [0.1, 0.15) is 5.56 Å². The van der Waals surface area contributed by atoms with Gasteiger partial charge in [0, 0.05) is 33.2 Å². The highest BCUT2D eigenvalue weighted by Crippen LogP contribution is 2.45. The zero-order valence-corrected chi connectivity index (χ0v) is 18.8. The van der Waals surface area contributed by atoms with E-state index in [1.54, 1.807) is 18.2 Å². The maximum absolute atomic E-state index is 9.94. The van der Waals surface area contributed by atoms with Gasteiger partial charge in [0.25, 0.3) is 0 Å². The van der Waals surface area contributed by atoms with Crippen molar-refractivity contribution in [3.8, 4) is 34.0 Å². The number of aromatic nitrogens is 1. The fourth-order valence-corrected chi connectivity index (χ4v) is 5.01. The number of nitriles is 1. The molecule has 0 saturated carbocycles. The molecule has 1 heterocycles. The summed E-state index contributed by atoms with van der Waals surface area (Å²) in [6.45, 7) is 7.80. The van der Waals surface area contributed by atoms with Crippen LogP contribution in [0.5, 0.6) is 0 Å². The molecule has 0 atom stereocenters. The van der Waals surface area contributed by atoms with Gasteiger partial charge in [-0.2, -0.15) is 5.26 Å². The fourth-order valence-electron chi connectivity index (χ4n) is 5.01. The maximum atomic E-state index is 9.94. The summed E-state index contributed by atoms with van der Waals surface area (Å²) in [5, 5.41) is 12.1. The zero-order chi connectivity index (χ0) is 23.8. The number of rotatable bonds is 3. The van der Waals surface area contributed by atoms with Gasteiger partial charge in [-0.1, -0.05) is 91.0 Å². The molecular weight excluding hydrogens is 426 g/mol. The Morgan fingerprint density at radius 3 is 2.11 bits per heavy atom. The first-order valence-electron chi connectivity index (χ1n) is 11.4. The highest BCUT2D eigenvalue weighted by molar-refractivity contribution is 6.20. The van der Waals surface area contributed by atoms with Crippen molar-refractivity contribution in [2.45, 2.75) is 0 Å². The average Bonchev–Trinajstić information content (AvgIpc) is 3.28. The highest BCUT2D eigenvalue weighted by Gasteiger charge is 2.22. The van der Waals surface area contributed by atoms with E-state index < -0.39 is 0 Å². The van der Waals surface area contributed by atoms with Crippen molar-refractivity contribution in [3.05, 3.63) is 132 Å². The second-order valence-corrected chi connectivity index (χ2v) is 8.36. The van der Waals surface area contributed by atoms with Gasteiger partial charge in [0.05, 0.1) is 23.7 Å². The molecule has 35 heavy (non-hydrogen) atoms. The zero-order valence-electron chi connectivity index (χ0n) is 18.8. The van der Waals surface area contributed by atoms with E-state index in [-0.39, 0.29) is 0 Å². The summed E-state index contributed by atoms with van der Waals surface area (Å²) in [5.41, 5.74) is 7.98. The van der Waals surface area contributed by atoms with E-state index in [0.717, 1.165) is 44.2 Å². The van der Waals surface area contributed by atoms with Crippen LogP contribution in [0.2, 0.25) is 0 Å². The number of fused-ring (bicyclic) bond motifs is 3. The summed E-state index contributed by atoms with van der Waals surface area (Å²) in [6, 6.07) is 40.9. The van der Waals surface area contributed by atoms with E-state index in [9.17, 15) is 5.26 Å². The molecule has 3 nitrogen and oxygen atoms in total. The van der Waals surface area contributed by atoms with Crippen LogP contribution in [0.25, 0.3) is 54.6 Å². The molecule has 5 aromatic carbocycles. The van der Waals surface area contributed by atoms with Crippen LogP contribution in [-0.4, -0.2) is 4.57 Å². The van der Waals surface area contributed by atoms with Crippen LogP contribution >= 0.6 is 0 Å². The van der Waals surface area contributed by atoms with E-state index in [1.807, 2.05) is 42.5 Å². The molecule has 0 amide bonds. The minimum Gasteiger partial charge on any atom is -0.309 e. The third-order valence-corrected chi connectivity index (χ3v) is 6.47. The molecule has 0 aliphatic rings. The molecule has 0 N–H and O–H groups in total. The van der Waals surface area contributed by atoms with E-state index in [2.05, 4.69) is 70.1 Å². The summed E-state index contributed by atoms with van der Waals surface area (Å²) >= 11 is 0. The first kappa shape index (κ1) is 20.5. The topological polar surface area (TPSA) is 33.1 Å². The van der Waals surface area contributed by atoms with Gasteiger partial charge in [0.1, 0.15) is 0 Å². The molecule has 6 aromatic rings. The highest BCUT2D eigenvalue weighted by atomic mass is 15.0. The van der Waals surface area contributed by atoms with Crippen molar-refractivity contribution in [1.82, 2.24) is 4.57 Å². The van der Waals surface area contributed by atoms with Crippen molar-refractivity contribution in [2.75, 3.05) is 0 Å². The van der Waals surface area contributed by atoms with Crippen LogP contribution in [-0.2, 0) is 0 Å². The summed E-state index contributed by atoms with van der Waals surface area (Å²) in [4.78, 5) is 3.78. The van der Waals surface area contributed by atoms with E-state index >= 15 is 0 Å². The van der Waals surface area contributed by atoms with Crippen LogP contribution in [0.3, 0.4) is 0 Å². The SMILES string of the molecule is [C-]#[N+]c1cccc(C#N)c1-c1ccc(-c2ccccc2)c2c1c1ccccc1n2-c1ccccc1. The van der Waals surface area contributed by atoms with Gasteiger partial charge < -0.3 is 4.57 Å². The Hall–Kier alpha value is -5.12. The van der Waals surface area contributed by atoms with Gasteiger partial charge in [-0.25, -0.2) is 4.85 Å². The lowest BCUT2D eigenvalue weighted by molar-refractivity contribution is 1.18. The van der Waals surface area contributed by atoms with Gasteiger partial charge in [0.15, 0.2) is 5.69 Å². The standard InChI is InChI=1S/C32H19N3/c1-34-28-17-10-13-23(21-33)30(28)27-20-19-25(22-11-4-2-5-12-22)32-31(27)26-16-8-9-18-29(26)35(32)24-14-6-3-7-15-24/h2-20H. The first-order valence-corrected chi connectivity index (χ1v) is 11.4. The third-order valence-electron chi connectivity index (χ3n) is 6.47. The largest absolute Gasteiger partial charge is 0.309 e. The summed E-state index contributed by atoms with van der Waals surface area (Å²) in [6.07, 6.45) is 0. The lowest BCUT2D eigenvalue weighted by atomic mass is 9.91. The minimum absolute atomic E-state index is 0.481. The second kappa shape index (κ2) is 8.34. The van der Waals surface area contributed by atoms with Crippen molar-refractivity contribution in [1.29, 1.82) is 5.26 Å². The molecule has 1 aromatic heterocycles. The van der Waals surface area contributed by atoms with Crippen LogP contribution in [0.15, 0.2) is 115 Å². The van der Waals surface area contributed by atoms with Crippen molar-refractivity contribution < 1.29 is 0 Å². The Labute approximate surface area is 203 Å². The Morgan fingerprint density at radius 2 is 1.37 bits per heavy atom. The van der Waals surface area contributed by atoms with Crippen molar-refractivity contribution in [2.24, 2.45) is 0 Å². The fraction of sp³-hybridized carbons (Fsp3) is 0. The number of benzene rings is 5. The molecule has 0 radical (unpaired) electrons. The predicted molar refractivity (Wildman–Crippen MR) is 143 cm³/mol. The van der Waals surface area contributed by atoms with Crippen LogP contribution < -0.4 is 0 Å². The molecule has 0 spiro atoms. The normalized spacial score (nSPS) is 10.8. The molecule has 162 valence electrons. The molecule has 0 aliphatic heterocycles. The van der Waals surface area contributed by atoms with Gasteiger partial charge in [-0.3, -0.25) is 0 Å². The molecule has 0 aliphatic carbocycles. The van der Waals surface area contributed by atoms with Crippen molar-refractivity contribution in [3.63, 3.8) is 0 Å². The summed E-state index contributed by atoms with van der Waals surface area (Å²) in [7, 11) is 0. The van der Waals surface area contributed by atoms with E-state index in [0.29, 0.717) is 16.8 Å². The average molecular weight is 446 g/mol. The molecule has 0 saturated heterocycles. The number of nitrogens with zero attached hydrogens (tertiary/aromatic N) is 3. The maximum Gasteiger partial charge on any atom is 0.196 e. The third kappa shape index (κ3) is 3.19. The molecular formula is C32H19N3. The van der Waals surface area contributed by atoms with Gasteiger partial charge in [-0.05, 0) is 35.4 Å². The molecule has 0 bridgehead atoms. The van der Waals surface area contributed by atoms with Crippen molar-refractivity contribution >= 4 is 27.5 Å². The predicted octanol–water partition coefficient (Wildman–Crippen LogP) is 8.54. The molecule has 3 heteroatoms. The summed E-state index contributed by atoms with van der Waals surface area (Å²) in [5.74, 6) is 0. The molecule has 0 unspecified atom stereocenters. The van der Waals surface area contributed by atoms with Crippen LogP contribution in [0.4, 0.5) is 5.69 Å². The second-order valence-electron chi connectivity index (χ2n) is 8.36. The lowest BCUT2D eigenvalue weighted by Gasteiger charge is -2.15. The Morgan fingerprint density at radius 1 is 0.686 bits per heavy atom. The van der Waals surface area contributed by atoms with Gasteiger partial charge in [-0.15, -0.1) is 0 Å². The summed E-state index contributed by atoms with van der Waals surface area (Å²) < 4.78 is 2.29. The monoisotopic (exact) mass is 445 g/mol. The van der Waals surface area contributed by atoms with E-state index in [1.165, 1.54) is 0 Å².